The zero-order valence-corrected chi connectivity index (χ0v) is 8.86. The Morgan fingerprint density at radius 1 is 1.36 bits per heavy atom. The molecule has 1 aromatic rings. The first-order valence-electron chi connectivity index (χ1n) is 4.56. The smallest absolute Gasteiger partial charge is 0.143 e. The summed E-state index contributed by atoms with van der Waals surface area (Å²) < 4.78 is 10.5. The number of aromatic nitrogens is 1. The molecule has 0 saturated carbocycles. The summed E-state index contributed by atoms with van der Waals surface area (Å²) in [7, 11) is 3.60. The summed E-state index contributed by atoms with van der Waals surface area (Å²) in [6.45, 7) is 3.59. The first-order chi connectivity index (χ1) is 6.76. The van der Waals surface area contributed by atoms with Gasteiger partial charge in [-0.05, 0) is 13.6 Å². The molecule has 0 radical (unpaired) electrons. The maximum absolute atomic E-state index is 5.48. The molecular weight excluding hydrogens is 180 g/mol. The molecular formula is C10H16N2O2. The van der Waals surface area contributed by atoms with Crippen molar-refractivity contribution >= 4 is 0 Å². The average molecular weight is 196 g/mol. The molecule has 0 aromatic carbocycles. The second-order valence-electron chi connectivity index (χ2n) is 3.01. The zero-order chi connectivity index (χ0) is 10.4. The van der Waals surface area contributed by atoms with E-state index in [1.807, 2.05) is 13.1 Å². The Morgan fingerprint density at radius 3 is 2.71 bits per heavy atom. The molecule has 1 aromatic heterocycles. The van der Waals surface area contributed by atoms with Gasteiger partial charge in [-0.1, -0.05) is 6.92 Å². The predicted octanol–water partition coefficient (Wildman–Crippen LogP) is 1.38. The van der Waals surface area contributed by atoms with Crippen molar-refractivity contribution in [2.75, 3.05) is 27.4 Å². The lowest BCUT2D eigenvalue weighted by Crippen LogP contribution is -2.23. The van der Waals surface area contributed by atoms with Crippen LogP contribution in [0.25, 0.3) is 0 Å². The van der Waals surface area contributed by atoms with Crippen LogP contribution in [0.5, 0.6) is 11.5 Å². The normalized spacial score (nSPS) is 10.3. The van der Waals surface area contributed by atoms with Gasteiger partial charge in [0, 0.05) is 6.07 Å². The van der Waals surface area contributed by atoms with E-state index in [-0.39, 0.29) is 0 Å². The van der Waals surface area contributed by atoms with E-state index in [9.17, 15) is 0 Å². The first-order valence-corrected chi connectivity index (χ1v) is 4.56. The number of pyridine rings is 1. The van der Waals surface area contributed by atoms with Crippen LogP contribution in [0.15, 0.2) is 18.5 Å². The fourth-order valence-corrected chi connectivity index (χ4v) is 0.866. The summed E-state index contributed by atoms with van der Waals surface area (Å²) in [6.07, 6.45) is 3.32. The van der Waals surface area contributed by atoms with Gasteiger partial charge < -0.3 is 9.47 Å². The second-order valence-corrected chi connectivity index (χ2v) is 3.01. The third-order valence-electron chi connectivity index (χ3n) is 1.92. The highest BCUT2D eigenvalue weighted by Gasteiger charge is 1.99. The molecule has 78 valence electrons. The molecule has 0 spiro atoms. The van der Waals surface area contributed by atoms with Gasteiger partial charge in [-0.15, -0.1) is 0 Å². The maximum atomic E-state index is 5.48. The molecule has 0 amide bonds. The van der Waals surface area contributed by atoms with Gasteiger partial charge in [-0.25, -0.2) is 0 Å². The predicted molar refractivity (Wildman–Crippen MR) is 54.6 cm³/mol. The molecule has 0 N–H and O–H groups in total. The standard InChI is InChI=1S/C10H16N2O2/c1-4-12(2)8-14-10-5-9(13-3)6-11-7-10/h5-7H,4,8H2,1-3H3. The lowest BCUT2D eigenvalue weighted by atomic mass is 10.4. The van der Waals surface area contributed by atoms with Crippen LogP contribution >= 0.6 is 0 Å². The summed E-state index contributed by atoms with van der Waals surface area (Å²) in [4.78, 5) is 6.05. The van der Waals surface area contributed by atoms with Crippen molar-refractivity contribution in [2.45, 2.75) is 6.92 Å². The average Bonchev–Trinajstić information content (AvgIpc) is 2.26. The first kappa shape index (κ1) is 10.8. The van der Waals surface area contributed by atoms with E-state index in [1.165, 1.54) is 0 Å². The fraction of sp³-hybridized carbons (Fsp3) is 0.500. The van der Waals surface area contributed by atoms with Gasteiger partial charge in [0.1, 0.15) is 18.2 Å². The molecule has 0 saturated heterocycles. The van der Waals surface area contributed by atoms with Gasteiger partial charge in [-0.3, -0.25) is 9.88 Å². The summed E-state index contributed by atoms with van der Waals surface area (Å²) in [6, 6.07) is 1.82. The van der Waals surface area contributed by atoms with Gasteiger partial charge in [0.15, 0.2) is 0 Å². The molecule has 0 aliphatic rings. The number of hydrogen-bond acceptors (Lipinski definition) is 4. The number of nitrogens with zero attached hydrogens (tertiary/aromatic N) is 2. The number of rotatable bonds is 5. The van der Waals surface area contributed by atoms with E-state index in [0.29, 0.717) is 12.5 Å². The summed E-state index contributed by atoms with van der Waals surface area (Å²) >= 11 is 0. The Bertz CT molecular complexity index is 279. The maximum Gasteiger partial charge on any atom is 0.143 e. The van der Waals surface area contributed by atoms with Crippen LogP contribution < -0.4 is 9.47 Å². The Balaban J connectivity index is 2.50. The minimum absolute atomic E-state index is 0.561. The molecule has 0 aliphatic carbocycles. The minimum Gasteiger partial charge on any atom is -0.495 e. The van der Waals surface area contributed by atoms with E-state index in [1.54, 1.807) is 19.5 Å². The van der Waals surface area contributed by atoms with E-state index < -0.39 is 0 Å². The molecule has 0 unspecified atom stereocenters. The lowest BCUT2D eigenvalue weighted by molar-refractivity contribution is 0.158. The SMILES string of the molecule is CCN(C)COc1cncc(OC)c1. The number of hydrogen-bond donors (Lipinski definition) is 0. The Morgan fingerprint density at radius 2 is 2.07 bits per heavy atom. The second kappa shape index (κ2) is 5.44. The fourth-order valence-electron chi connectivity index (χ4n) is 0.866. The van der Waals surface area contributed by atoms with Crippen molar-refractivity contribution in [3.05, 3.63) is 18.5 Å². The molecule has 0 bridgehead atoms. The van der Waals surface area contributed by atoms with Crippen LogP contribution in [-0.2, 0) is 0 Å². The Labute approximate surface area is 84.5 Å². The molecule has 4 nitrogen and oxygen atoms in total. The van der Waals surface area contributed by atoms with Crippen LogP contribution in [0.4, 0.5) is 0 Å². The minimum atomic E-state index is 0.561. The molecule has 0 fully saturated rings. The molecule has 1 heterocycles. The summed E-state index contributed by atoms with van der Waals surface area (Å²) in [5, 5.41) is 0. The van der Waals surface area contributed by atoms with E-state index in [4.69, 9.17) is 9.47 Å². The van der Waals surface area contributed by atoms with Crippen molar-refractivity contribution < 1.29 is 9.47 Å². The quantitative estimate of drug-likeness (QED) is 0.666. The van der Waals surface area contributed by atoms with Gasteiger partial charge in [0.25, 0.3) is 0 Å². The number of ether oxygens (including phenoxy) is 2. The third-order valence-corrected chi connectivity index (χ3v) is 1.92. The highest BCUT2D eigenvalue weighted by Crippen LogP contribution is 2.16. The van der Waals surface area contributed by atoms with Crippen molar-refractivity contribution in [1.82, 2.24) is 9.88 Å². The van der Waals surface area contributed by atoms with Crippen LogP contribution in [0.3, 0.4) is 0 Å². The third kappa shape index (κ3) is 3.22. The molecule has 4 heteroatoms. The molecule has 0 atom stereocenters. The van der Waals surface area contributed by atoms with E-state index in [2.05, 4.69) is 16.8 Å². The van der Waals surface area contributed by atoms with Gasteiger partial charge in [0.2, 0.25) is 0 Å². The van der Waals surface area contributed by atoms with Gasteiger partial charge >= 0.3 is 0 Å². The van der Waals surface area contributed by atoms with Crippen molar-refractivity contribution in [3.8, 4) is 11.5 Å². The number of methoxy groups -OCH3 is 1. The van der Waals surface area contributed by atoms with E-state index >= 15 is 0 Å². The zero-order valence-electron chi connectivity index (χ0n) is 8.86. The lowest BCUT2D eigenvalue weighted by Gasteiger charge is -2.14. The Kier molecular flexibility index (Phi) is 4.19. The van der Waals surface area contributed by atoms with Gasteiger partial charge in [0.05, 0.1) is 19.5 Å². The molecule has 0 aliphatic heterocycles. The van der Waals surface area contributed by atoms with Crippen LogP contribution in [-0.4, -0.2) is 37.3 Å². The topological polar surface area (TPSA) is 34.6 Å². The Hall–Kier alpha value is -1.29. The van der Waals surface area contributed by atoms with Crippen molar-refractivity contribution in [3.63, 3.8) is 0 Å². The van der Waals surface area contributed by atoms with Crippen LogP contribution in [0, 0.1) is 0 Å². The summed E-state index contributed by atoms with van der Waals surface area (Å²) in [5.74, 6) is 1.44. The van der Waals surface area contributed by atoms with Crippen molar-refractivity contribution in [1.29, 1.82) is 0 Å². The molecule has 1 rings (SSSR count). The summed E-state index contributed by atoms with van der Waals surface area (Å²) in [5.41, 5.74) is 0. The molecule has 14 heavy (non-hydrogen) atoms. The van der Waals surface area contributed by atoms with Crippen molar-refractivity contribution in [2.24, 2.45) is 0 Å². The van der Waals surface area contributed by atoms with Crippen LogP contribution in [0.2, 0.25) is 0 Å². The van der Waals surface area contributed by atoms with Crippen LogP contribution in [0.1, 0.15) is 6.92 Å². The largest absolute Gasteiger partial charge is 0.495 e. The highest BCUT2D eigenvalue weighted by atomic mass is 16.5. The van der Waals surface area contributed by atoms with E-state index in [0.717, 1.165) is 12.3 Å². The van der Waals surface area contributed by atoms with Gasteiger partial charge in [-0.2, -0.15) is 0 Å². The highest BCUT2D eigenvalue weighted by molar-refractivity contribution is 5.27. The monoisotopic (exact) mass is 196 g/mol.